The van der Waals surface area contributed by atoms with E-state index in [4.69, 9.17) is 0 Å². The molecule has 32 heavy (non-hydrogen) atoms. The van der Waals surface area contributed by atoms with Crippen LogP contribution >= 0.6 is 0 Å². The summed E-state index contributed by atoms with van der Waals surface area (Å²) in [7, 11) is 0. The maximum absolute atomic E-state index is 13.4. The quantitative estimate of drug-likeness (QED) is 0.630. The first-order valence-electron chi connectivity index (χ1n) is 9.72. The van der Waals surface area contributed by atoms with Crippen molar-refractivity contribution in [2.24, 2.45) is 5.92 Å². The molecule has 7 nitrogen and oxygen atoms in total. The lowest BCUT2D eigenvalue weighted by Gasteiger charge is -2.17. The number of nitrogens with zero attached hydrogens (tertiary/aromatic N) is 3. The fraction of sp³-hybridized carbons (Fsp3) is 0.182. The van der Waals surface area contributed by atoms with Gasteiger partial charge in [-0.25, -0.2) is 13.2 Å². The van der Waals surface area contributed by atoms with Gasteiger partial charge in [0.2, 0.25) is 5.91 Å². The minimum Gasteiger partial charge on any atom is -0.337 e. The van der Waals surface area contributed by atoms with Crippen LogP contribution in [0.4, 0.5) is 18.9 Å². The van der Waals surface area contributed by atoms with Gasteiger partial charge < -0.3 is 10.2 Å². The third-order valence-electron chi connectivity index (χ3n) is 5.19. The van der Waals surface area contributed by atoms with Crippen molar-refractivity contribution >= 4 is 23.4 Å². The summed E-state index contributed by atoms with van der Waals surface area (Å²) in [6.07, 6.45) is 4.72. The second-order valence-electron chi connectivity index (χ2n) is 7.29. The minimum atomic E-state index is -1.62. The number of nitrogens with one attached hydrogen (secondary N) is 1. The minimum absolute atomic E-state index is 0.0586. The van der Waals surface area contributed by atoms with Gasteiger partial charge in [0, 0.05) is 49.5 Å². The number of hydrogen-bond donors (Lipinski definition) is 1. The van der Waals surface area contributed by atoms with E-state index in [0.717, 1.165) is 0 Å². The molecule has 1 N–H and O–H groups in total. The molecule has 0 radical (unpaired) electrons. The summed E-state index contributed by atoms with van der Waals surface area (Å²) in [5.41, 5.74) is 0.241. The predicted molar refractivity (Wildman–Crippen MR) is 107 cm³/mol. The number of hydrogen-bond acceptors (Lipinski definition) is 4. The second kappa shape index (κ2) is 8.66. The number of halogens is 3. The monoisotopic (exact) mass is 442 g/mol. The summed E-state index contributed by atoms with van der Waals surface area (Å²) in [6.45, 7) is 0.318. The molecule has 2 aromatic heterocycles. The molecule has 10 heteroatoms. The van der Waals surface area contributed by atoms with Gasteiger partial charge in [0.05, 0.1) is 11.5 Å². The number of amides is 2. The summed E-state index contributed by atoms with van der Waals surface area (Å²) in [6, 6.07) is 7.64. The zero-order valence-electron chi connectivity index (χ0n) is 16.6. The van der Waals surface area contributed by atoms with Crippen molar-refractivity contribution < 1.29 is 27.6 Å². The average molecular weight is 442 g/mol. The zero-order chi connectivity index (χ0) is 22.8. The standard InChI is InChI=1S/C22H17F3N4O3/c23-16-9-15(10-17(24)19(16)25)27-20(30)14-5-8-28(12-14)22(32)18-4-2-7-29(18)21(31)13-3-1-6-26-11-13/h1-4,6-7,9-11,14H,5,8,12H2,(H,27,30). The van der Waals surface area contributed by atoms with E-state index < -0.39 is 41.1 Å². The van der Waals surface area contributed by atoms with Crippen molar-refractivity contribution in [3.05, 3.63) is 83.7 Å². The van der Waals surface area contributed by atoms with Gasteiger partial charge in [-0.15, -0.1) is 0 Å². The largest absolute Gasteiger partial charge is 0.337 e. The van der Waals surface area contributed by atoms with Gasteiger partial charge in [-0.3, -0.25) is 23.9 Å². The van der Waals surface area contributed by atoms with Crippen LogP contribution in [0.5, 0.6) is 0 Å². The number of rotatable bonds is 4. The molecule has 2 amide bonds. The molecule has 164 valence electrons. The van der Waals surface area contributed by atoms with Gasteiger partial charge in [-0.2, -0.15) is 0 Å². The topological polar surface area (TPSA) is 84.3 Å². The van der Waals surface area contributed by atoms with Crippen molar-refractivity contribution in [3.8, 4) is 0 Å². The highest BCUT2D eigenvalue weighted by atomic mass is 19.2. The highest BCUT2D eigenvalue weighted by Crippen LogP contribution is 2.23. The Hall–Kier alpha value is -3.95. The summed E-state index contributed by atoms with van der Waals surface area (Å²) in [4.78, 5) is 43.5. The molecule has 0 spiro atoms. The Balaban J connectivity index is 1.44. The van der Waals surface area contributed by atoms with Gasteiger partial charge in [0.1, 0.15) is 5.69 Å². The van der Waals surface area contributed by atoms with Gasteiger partial charge in [-0.1, -0.05) is 0 Å². The van der Waals surface area contributed by atoms with E-state index in [1.54, 1.807) is 18.2 Å². The summed E-state index contributed by atoms with van der Waals surface area (Å²) < 4.78 is 41.0. The Kier molecular flexibility index (Phi) is 5.76. The van der Waals surface area contributed by atoms with E-state index in [9.17, 15) is 27.6 Å². The normalized spacial score (nSPS) is 15.6. The van der Waals surface area contributed by atoms with Gasteiger partial charge in [0.25, 0.3) is 11.8 Å². The Morgan fingerprint density at radius 3 is 2.47 bits per heavy atom. The molecule has 0 saturated carbocycles. The zero-order valence-corrected chi connectivity index (χ0v) is 16.6. The van der Waals surface area contributed by atoms with E-state index in [1.165, 1.54) is 34.1 Å². The second-order valence-corrected chi connectivity index (χ2v) is 7.29. The first-order valence-corrected chi connectivity index (χ1v) is 9.72. The van der Waals surface area contributed by atoms with E-state index in [-0.39, 0.29) is 24.5 Å². The van der Waals surface area contributed by atoms with Gasteiger partial charge >= 0.3 is 0 Å². The molecule has 4 rings (SSSR count). The number of carbonyl (C=O) groups excluding carboxylic acids is 3. The molecule has 3 aromatic rings. The number of pyridine rings is 1. The summed E-state index contributed by atoms with van der Waals surface area (Å²) >= 11 is 0. The molecule has 0 aliphatic carbocycles. The third-order valence-corrected chi connectivity index (χ3v) is 5.19. The molecule has 3 heterocycles. The summed E-state index contributed by atoms with van der Waals surface area (Å²) in [5, 5.41) is 2.35. The fourth-order valence-corrected chi connectivity index (χ4v) is 3.55. The highest BCUT2D eigenvalue weighted by Gasteiger charge is 2.33. The number of benzene rings is 1. The number of anilines is 1. The molecule has 1 aliphatic rings. The molecule has 0 bridgehead atoms. The first-order chi connectivity index (χ1) is 15.3. The number of aromatic nitrogens is 2. The fourth-order valence-electron chi connectivity index (χ4n) is 3.55. The molecule has 1 aromatic carbocycles. The highest BCUT2D eigenvalue weighted by molar-refractivity contribution is 6.03. The third kappa shape index (κ3) is 4.11. The van der Waals surface area contributed by atoms with Gasteiger partial charge in [0.15, 0.2) is 17.5 Å². The van der Waals surface area contributed by atoms with Crippen LogP contribution in [0.3, 0.4) is 0 Å². The average Bonchev–Trinajstić information content (AvgIpc) is 3.47. The molecular formula is C22H17F3N4O3. The SMILES string of the molecule is O=C(Nc1cc(F)c(F)c(F)c1)C1CCN(C(=O)c2cccn2C(=O)c2cccnc2)C1. The van der Waals surface area contributed by atoms with Crippen LogP contribution in [0.25, 0.3) is 0 Å². The Morgan fingerprint density at radius 2 is 1.78 bits per heavy atom. The van der Waals surface area contributed by atoms with Crippen molar-refractivity contribution in [1.82, 2.24) is 14.5 Å². The predicted octanol–water partition coefficient (Wildman–Crippen LogP) is 3.09. The van der Waals surface area contributed by atoms with Crippen LogP contribution in [0.2, 0.25) is 0 Å². The van der Waals surface area contributed by atoms with Crippen LogP contribution in [-0.2, 0) is 4.79 Å². The maximum atomic E-state index is 13.4. The lowest BCUT2D eigenvalue weighted by molar-refractivity contribution is -0.119. The molecule has 1 saturated heterocycles. The number of likely N-dealkylation sites (tertiary alicyclic amines) is 1. The van der Waals surface area contributed by atoms with E-state index >= 15 is 0 Å². The molecule has 1 aliphatic heterocycles. The molecule has 1 unspecified atom stereocenters. The van der Waals surface area contributed by atoms with Crippen molar-refractivity contribution in [3.63, 3.8) is 0 Å². The molecule has 1 atom stereocenters. The Labute approximate surface area is 180 Å². The lowest BCUT2D eigenvalue weighted by Crippen LogP contribution is -2.33. The first kappa shape index (κ1) is 21.3. The van der Waals surface area contributed by atoms with Gasteiger partial charge in [-0.05, 0) is 30.7 Å². The number of carbonyl (C=O) groups is 3. The smallest absolute Gasteiger partial charge is 0.270 e. The Bertz CT molecular complexity index is 1170. The van der Waals surface area contributed by atoms with Crippen LogP contribution in [0.15, 0.2) is 55.0 Å². The lowest BCUT2D eigenvalue weighted by atomic mass is 10.1. The molecule has 1 fully saturated rings. The van der Waals surface area contributed by atoms with E-state index in [1.807, 2.05) is 0 Å². The Morgan fingerprint density at radius 1 is 1.03 bits per heavy atom. The molecular weight excluding hydrogens is 425 g/mol. The van der Waals surface area contributed by atoms with Crippen LogP contribution in [-0.4, -0.2) is 45.3 Å². The van der Waals surface area contributed by atoms with E-state index in [0.29, 0.717) is 24.1 Å². The van der Waals surface area contributed by atoms with Crippen LogP contribution in [0, 0.1) is 23.4 Å². The van der Waals surface area contributed by atoms with Crippen molar-refractivity contribution in [2.45, 2.75) is 6.42 Å². The summed E-state index contributed by atoms with van der Waals surface area (Å²) in [5.74, 6) is -6.48. The van der Waals surface area contributed by atoms with E-state index in [2.05, 4.69) is 10.3 Å². The van der Waals surface area contributed by atoms with Crippen molar-refractivity contribution in [2.75, 3.05) is 18.4 Å². The van der Waals surface area contributed by atoms with Crippen molar-refractivity contribution in [1.29, 1.82) is 0 Å². The van der Waals surface area contributed by atoms with Crippen LogP contribution < -0.4 is 5.32 Å². The maximum Gasteiger partial charge on any atom is 0.270 e. The van der Waals surface area contributed by atoms with Crippen LogP contribution in [0.1, 0.15) is 27.3 Å².